The lowest BCUT2D eigenvalue weighted by Gasteiger charge is -2.15. The van der Waals surface area contributed by atoms with E-state index in [1.807, 2.05) is 6.92 Å². The number of esters is 1. The van der Waals surface area contributed by atoms with Gasteiger partial charge in [0.1, 0.15) is 5.78 Å². The summed E-state index contributed by atoms with van der Waals surface area (Å²) in [6.07, 6.45) is 1.89. The maximum absolute atomic E-state index is 11.4. The van der Waals surface area contributed by atoms with Gasteiger partial charge in [0.15, 0.2) is 0 Å². The Bertz CT molecular complexity index is 199. The number of rotatable bonds is 6. The smallest absolute Gasteiger partial charge is 0.309 e. The Morgan fingerprint density at radius 1 is 1.21 bits per heavy atom. The molecule has 0 rings (SSSR count). The Balaban J connectivity index is 3.92. The first kappa shape index (κ1) is 13.1. The maximum atomic E-state index is 11.4. The number of carbonyl (C=O) groups excluding carboxylic acids is 2. The molecule has 2 atom stereocenters. The van der Waals surface area contributed by atoms with Crippen molar-refractivity contribution in [2.24, 2.45) is 11.8 Å². The van der Waals surface area contributed by atoms with Gasteiger partial charge >= 0.3 is 5.97 Å². The number of ether oxygens (including phenoxy) is 1. The van der Waals surface area contributed by atoms with Crippen LogP contribution in [0, 0.1) is 11.8 Å². The van der Waals surface area contributed by atoms with Crippen molar-refractivity contribution in [2.45, 2.75) is 40.5 Å². The molecule has 3 heteroatoms. The summed E-state index contributed by atoms with van der Waals surface area (Å²) in [6.45, 7) is 7.49. The number of hydrogen-bond donors (Lipinski definition) is 0. The maximum Gasteiger partial charge on any atom is 0.309 e. The first-order chi connectivity index (χ1) is 6.50. The molecule has 0 aromatic rings. The molecule has 0 aliphatic heterocycles. The Labute approximate surface area is 85.8 Å². The second-order valence-corrected chi connectivity index (χ2v) is 3.71. The van der Waals surface area contributed by atoms with E-state index in [0.717, 1.165) is 12.8 Å². The number of carbonyl (C=O) groups is 2. The van der Waals surface area contributed by atoms with Crippen LogP contribution in [0.25, 0.3) is 0 Å². The van der Waals surface area contributed by atoms with Crippen LogP contribution in [-0.4, -0.2) is 18.4 Å². The monoisotopic (exact) mass is 200 g/mol. The molecule has 0 bridgehead atoms. The van der Waals surface area contributed by atoms with Crippen LogP contribution in [0.15, 0.2) is 0 Å². The lowest BCUT2D eigenvalue weighted by atomic mass is 9.93. The van der Waals surface area contributed by atoms with E-state index in [-0.39, 0.29) is 23.6 Å². The van der Waals surface area contributed by atoms with Crippen molar-refractivity contribution in [1.29, 1.82) is 0 Å². The normalized spacial score (nSPS) is 14.6. The third-order valence-corrected chi connectivity index (χ3v) is 2.51. The predicted molar refractivity (Wildman–Crippen MR) is 54.9 cm³/mol. The van der Waals surface area contributed by atoms with Crippen molar-refractivity contribution in [1.82, 2.24) is 0 Å². The Hall–Kier alpha value is -0.860. The average Bonchev–Trinajstić information content (AvgIpc) is 2.15. The highest BCUT2D eigenvalue weighted by Crippen LogP contribution is 2.13. The van der Waals surface area contributed by atoms with Gasteiger partial charge in [-0.05, 0) is 13.3 Å². The van der Waals surface area contributed by atoms with E-state index in [2.05, 4.69) is 0 Å². The van der Waals surface area contributed by atoms with Gasteiger partial charge < -0.3 is 4.74 Å². The fraction of sp³-hybridized carbons (Fsp3) is 0.818. The van der Waals surface area contributed by atoms with Crippen LogP contribution in [0.1, 0.15) is 40.5 Å². The van der Waals surface area contributed by atoms with E-state index in [0.29, 0.717) is 6.61 Å². The molecule has 0 aromatic carbocycles. The van der Waals surface area contributed by atoms with Gasteiger partial charge in [-0.15, -0.1) is 0 Å². The first-order valence-electron chi connectivity index (χ1n) is 5.17. The molecular formula is C11H20O3. The summed E-state index contributed by atoms with van der Waals surface area (Å²) in [5, 5.41) is 0. The van der Waals surface area contributed by atoms with Crippen LogP contribution in [0.2, 0.25) is 0 Å². The van der Waals surface area contributed by atoms with Crippen LogP contribution in [0.4, 0.5) is 0 Å². The average molecular weight is 200 g/mol. The Morgan fingerprint density at radius 3 is 2.21 bits per heavy atom. The minimum atomic E-state index is -0.329. The highest BCUT2D eigenvalue weighted by Gasteiger charge is 2.24. The molecule has 82 valence electrons. The van der Waals surface area contributed by atoms with Crippen LogP contribution < -0.4 is 0 Å². The molecule has 0 fully saturated rings. The molecule has 0 radical (unpaired) electrons. The van der Waals surface area contributed by atoms with Crippen LogP contribution in [0.3, 0.4) is 0 Å². The zero-order valence-corrected chi connectivity index (χ0v) is 9.50. The topological polar surface area (TPSA) is 43.4 Å². The summed E-state index contributed by atoms with van der Waals surface area (Å²) >= 11 is 0. The zero-order chi connectivity index (χ0) is 11.1. The summed E-state index contributed by atoms with van der Waals surface area (Å²) < 4.78 is 5.02. The minimum Gasteiger partial charge on any atom is -0.465 e. The molecule has 2 unspecified atom stereocenters. The second kappa shape index (κ2) is 6.57. The molecule has 0 amide bonds. The highest BCUT2D eigenvalue weighted by atomic mass is 16.5. The quantitative estimate of drug-likeness (QED) is 0.487. The molecule has 0 spiro atoms. The summed E-state index contributed by atoms with van der Waals surface area (Å²) in [7, 11) is 0. The summed E-state index contributed by atoms with van der Waals surface area (Å²) in [6, 6.07) is 0. The van der Waals surface area contributed by atoms with E-state index >= 15 is 0 Å². The molecular weight excluding hydrogens is 180 g/mol. The lowest BCUT2D eigenvalue weighted by molar-refractivity contribution is -0.151. The Morgan fingerprint density at radius 2 is 1.79 bits per heavy atom. The molecule has 3 nitrogen and oxygen atoms in total. The SMILES string of the molecule is CCCCOC(=O)C(C)C(C)C(C)=O. The molecule has 0 heterocycles. The molecule has 0 aliphatic carbocycles. The first-order valence-corrected chi connectivity index (χ1v) is 5.17. The fourth-order valence-electron chi connectivity index (χ4n) is 1.00. The van der Waals surface area contributed by atoms with Gasteiger partial charge in [-0.2, -0.15) is 0 Å². The van der Waals surface area contributed by atoms with Crippen molar-refractivity contribution in [3.63, 3.8) is 0 Å². The van der Waals surface area contributed by atoms with Gasteiger partial charge in [0, 0.05) is 5.92 Å². The van der Waals surface area contributed by atoms with Gasteiger partial charge in [-0.25, -0.2) is 0 Å². The van der Waals surface area contributed by atoms with Crippen molar-refractivity contribution < 1.29 is 14.3 Å². The zero-order valence-electron chi connectivity index (χ0n) is 9.50. The fourth-order valence-corrected chi connectivity index (χ4v) is 1.00. The van der Waals surface area contributed by atoms with Gasteiger partial charge in [-0.1, -0.05) is 27.2 Å². The van der Waals surface area contributed by atoms with Gasteiger partial charge in [0.25, 0.3) is 0 Å². The molecule has 0 saturated heterocycles. The third-order valence-electron chi connectivity index (χ3n) is 2.51. The lowest BCUT2D eigenvalue weighted by Crippen LogP contribution is -2.26. The standard InChI is InChI=1S/C11H20O3/c1-5-6-7-14-11(13)9(3)8(2)10(4)12/h8-9H,5-7H2,1-4H3. The number of Topliss-reactive ketones (excluding diaryl/α,β-unsaturated/α-hetero) is 1. The third kappa shape index (κ3) is 4.40. The predicted octanol–water partition coefficient (Wildman–Crippen LogP) is 2.19. The van der Waals surface area contributed by atoms with Crippen LogP contribution in [-0.2, 0) is 14.3 Å². The van der Waals surface area contributed by atoms with Gasteiger partial charge in [0.05, 0.1) is 12.5 Å². The van der Waals surface area contributed by atoms with E-state index in [4.69, 9.17) is 4.74 Å². The molecule has 0 aliphatic rings. The second-order valence-electron chi connectivity index (χ2n) is 3.71. The number of hydrogen-bond acceptors (Lipinski definition) is 3. The van der Waals surface area contributed by atoms with E-state index < -0.39 is 0 Å². The van der Waals surface area contributed by atoms with Crippen molar-refractivity contribution >= 4 is 11.8 Å². The number of unbranched alkanes of at least 4 members (excludes halogenated alkanes) is 1. The van der Waals surface area contributed by atoms with Gasteiger partial charge in [0.2, 0.25) is 0 Å². The summed E-state index contributed by atoms with van der Waals surface area (Å²) in [5.41, 5.74) is 0. The highest BCUT2D eigenvalue weighted by molar-refractivity contribution is 5.84. The van der Waals surface area contributed by atoms with Crippen LogP contribution >= 0.6 is 0 Å². The summed E-state index contributed by atoms with van der Waals surface area (Å²) in [4.78, 5) is 22.4. The molecule has 14 heavy (non-hydrogen) atoms. The summed E-state index contributed by atoms with van der Waals surface area (Å²) in [5.74, 6) is -0.806. The van der Waals surface area contributed by atoms with Crippen molar-refractivity contribution in [2.75, 3.05) is 6.61 Å². The molecule has 0 saturated carbocycles. The van der Waals surface area contributed by atoms with Crippen molar-refractivity contribution in [3.05, 3.63) is 0 Å². The van der Waals surface area contributed by atoms with E-state index in [1.165, 1.54) is 6.92 Å². The van der Waals surface area contributed by atoms with Gasteiger partial charge in [-0.3, -0.25) is 9.59 Å². The van der Waals surface area contributed by atoms with Crippen molar-refractivity contribution in [3.8, 4) is 0 Å². The van der Waals surface area contributed by atoms with E-state index in [1.54, 1.807) is 13.8 Å². The Kier molecular flexibility index (Phi) is 6.17. The largest absolute Gasteiger partial charge is 0.465 e. The van der Waals surface area contributed by atoms with E-state index in [9.17, 15) is 9.59 Å². The minimum absolute atomic E-state index is 0.0324. The number of ketones is 1. The molecule has 0 N–H and O–H groups in total. The van der Waals surface area contributed by atoms with Crippen LogP contribution in [0.5, 0.6) is 0 Å². The molecule has 0 aromatic heterocycles.